The van der Waals surface area contributed by atoms with E-state index in [-0.39, 0.29) is 0 Å². The molecule has 3 heterocycles. The summed E-state index contributed by atoms with van der Waals surface area (Å²) in [6.07, 6.45) is 4.03. The number of ether oxygens (including phenoxy) is 1. The molecule has 6 heteroatoms. The van der Waals surface area contributed by atoms with Gasteiger partial charge in [0.2, 0.25) is 0 Å². The van der Waals surface area contributed by atoms with Crippen LogP contribution in [0.4, 0.5) is 5.82 Å². The number of carboxylic acids is 1. The Kier molecular flexibility index (Phi) is 4.36. The Labute approximate surface area is 124 Å². The summed E-state index contributed by atoms with van der Waals surface area (Å²) >= 11 is 0. The molecule has 0 aliphatic carbocycles. The maximum Gasteiger partial charge on any atom is 0.339 e. The number of carboxylic acid groups (broad SMARTS) is 1. The van der Waals surface area contributed by atoms with Crippen LogP contribution in [0.25, 0.3) is 0 Å². The number of pyridine rings is 1. The zero-order valence-electron chi connectivity index (χ0n) is 12.1. The first-order valence-corrected chi connectivity index (χ1v) is 7.51. The maximum atomic E-state index is 11.5. The van der Waals surface area contributed by atoms with Gasteiger partial charge in [-0.15, -0.1) is 0 Å². The van der Waals surface area contributed by atoms with E-state index < -0.39 is 5.97 Å². The molecule has 1 N–H and O–H groups in total. The van der Waals surface area contributed by atoms with E-state index in [4.69, 9.17) is 4.74 Å². The minimum Gasteiger partial charge on any atom is -0.478 e. The standard InChI is InChI=1S/C15H21N3O3/c19-15(20)13-9-12(11-17-5-7-21-8-6-17)10-16-14(13)18-3-1-2-4-18/h9-10H,1-8,11H2,(H,19,20). The van der Waals surface area contributed by atoms with Crippen molar-refractivity contribution in [2.24, 2.45) is 0 Å². The number of aromatic carboxylic acids is 1. The Balaban J connectivity index is 1.79. The average Bonchev–Trinajstić information content (AvgIpc) is 3.02. The van der Waals surface area contributed by atoms with Gasteiger partial charge in [-0.05, 0) is 24.5 Å². The molecule has 0 atom stereocenters. The maximum absolute atomic E-state index is 11.5. The normalized spacial score (nSPS) is 19.9. The van der Waals surface area contributed by atoms with Gasteiger partial charge in [0.1, 0.15) is 11.4 Å². The second kappa shape index (κ2) is 6.41. The van der Waals surface area contributed by atoms with Gasteiger partial charge in [-0.3, -0.25) is 4.90 Å². The van der Waals surface area contributed by atoms with E-state index in [9.17, 15) is 9.90 Å². The molecule has 3 rings (SSSR count). The monoisotopic (exact) mass is 291 g/mol. The zero-order valence-corrected chi connectivity index (χ0v) is 12.1. The minimum atomic E-state index is -0.895. The summed E-state index contributed by atoms with van der Waals surface area (Å²) in [5.74, 6) is -0.279. The van der Waals surface area contributed by atoms with Crippen molar-refractivity contribution in [1.29, 1.82) is 0 Å². The first-order chi connectivity index (χ1) is 10.2. The van der Waals surface area contributed by atoms with Crippen molar-refractivity contribution in [3.05, 3.63) is 23.4 Å². The average molecular weight is 291 g/mol. The number of carbonyl (C=O) groups is 1. The predicted molar refractivity (Wildman–Crippen MR) is 78.7 cm³/mol. The third kappa shape index (κ3) is 3.33. The number of nitrogens with zero attached hydrogens (tertiary/aromatic N) is 3. The summed E-state index contributed by atoms with van der Waals surface area (Å²) in [6, 6.07) is 1.78. The SMILES string of the molecule is O=C(O)c1cc(CN2CCOCC2)cnc1N1CCCC1. The fraction of sp³-hybridized carbons (Fsp3) is 0.600. The summed E-state index contributed by atoms with van der Waals surface area (Å²) in [5, 5.41) is 9.46. The van der Waals surface area contributed by atoms with Gasteiger partial charge in [0.25, 0.3) is 0 Å². The molecule has 0 unspecified atom stereocenters. The number of hydrogen-bond donors (Lipinski definition) is 1. The van der Waals surface area contributed by atoms with Gasteiger partial charge < -0.3 is 14.7 Å². The second-order valence-electron chi connectivity index (χ2n) is 5.60. The lowest BCUT2D eigenvalue weighted by Crippen LogP contribution is -2.35. The van der Waals surface area contributed by atoms with Gasteiger partial charge in [0, 0.05) is 38.9 Å². The fourth-order valence-electron chi connectivity index (χ4n) is 2.94. The van der Waals surface area contributed by atoms with E-state index in [1.807, 2.05) is 6.20 Å². The van der Waals surface area contributed by atoms with Gasteiger partial charge in [0.15, 0.2) is 0 Å². The molecule has 0 amide bonds. The summed E-state index contributed by atoms with van der Waals surface area (Å²) in [5.41, 5.74) is 1.28. The number of rotatable bonds is 4. The Morgan fingerprint density at radius 1 is 1.24 bits per heavy atom. The first-order valence-electron chi connectivity index (χ1n) is 7.51. The lowest BCUT2D eigenvalue weighted by molar-refractivity contribution is 0.0341. The summed E-state index contributed by atoms with van der Waals surface area (Å²) in [7, 11) is 0. The molecule has 114 valence electrons. The molecule has 0 saturated carbocycles. The van der Waals surface area contributed by atoms with Gasteiger partial charge in [-0.1, -0.05) is 0 Å². The van der Waals surface area contributed by atoms with Crippen molar-refractivity contribution in [1.82, 2.24) is 9.88 Å². The van der Waals surface area contributed by atoms with Crippen LogP contribution in [-0.4, -0.2) is 60.4 Å². The van der Waals surface area contributed by atoms with Crippen LogP contribution in [0.5, 0.6) is 0 Å². The molecule has 1 aromatic rings. The number of hydrogen-bond acceptors (Lipinski definition) is 5. The van der Waals surface area contributed by atoms with Crippen molar-refractivity contribution in [2.45, 2.75) is 19.4 Å². The van der Waals surface area contributed by atoms with Gasteiger partial charge in [-0.2, -0.15) is 0 Å². The third-order valence-corrected chi connectivity index (χ3v) is 4.07. The Hall–Kier alpha value is -1.66. The van der Waals surface area contributed by atoms with E-state index in [0.29, 0.717) is 11.4 Å². The molecular formula is C15H21N3O3. The lowest BCUT2D eigenvalue weighted by atomic mass is 10.1. The topological polar surface area (TPSA) is 65.9 Å². The molecule has 1 aromatic heterocycles. The molecule has 2 aliphatic rings. The van der Waals surface area contributed by atoms with Crippen molar-refractivity contribution in [3.63, 3.8) is 0 Å². The molecule has 0 spiro atoms. The molecule has 21 heavy (non-hydrogen) atoms. The van der Waals surface area contributed by atoms with Crippen molar-refractivity contribution in [2.75, 3.05) is 44.3 Å². The van der Waals surface area contributed by atoms with Crippen LogP contribution in [0.15, 0.2) is 12.3 Å². The Morgan fingerprint density at radius 3 is 2.62 bits per heavy atom. The van der Waals surface area contributed by atoms with E-state index in [1.165, 1.54) is 0 Å². The van der Waals surface area contributed by atoms with E-state index in [1.54, 1.807) is 6.07 Å². The highest BCUT2D eigenvalue weighted by atomic mass is 16.5. The van der Waals surface area contributed by atoms with E-state index in [2.05, 4.69) is 14.8 Å². The van der Waals surface area contributed by atoms with Gasteiger partial charge in [0.05, 0.1) is 13.2 Å². The van der Waals surface area contributed by atoms with Crippen molar-refractivity contribution >= 4 is 11.8 Å². The fourth-order valence-corrected chi connectivity index (χ4v) is 2.94. The highest BCUT2D eigenvalue weighted by molar-refractivity contribution is 5.93. The molecule has 0 aromatic carbocycles. The summed E-state index contributed by atoms with van der Waals surface area (Å²) < 4.78 is 5.33. The molecule has 6 nitrogen and oxygen atoms in total. The van der Waals surface area contributed by atoms with Crippen LogP contribution >= 0.6 is 0 Å². The third-order valence-electron chi connectivity index (χ3n) is 4.07. The smallest absolute Gasteiger partial charge is 0.339 e. The zero-order chi connectivity index (χ0) is 14.7. The van der Waals surface area contributed by atoms with Crippen LogP contribution in [0.3, 0.4) is 0 Å². The first kappa shape index (κ1) is 14.3. The van der Waals surface area contributed by atoms with Crippen LogP contribution in [0, 0.1) is 0 Å². The highest BCUT2D eigenvalue weighted by Crippen LogP contribution is 2.23. The molecule has 0 radical (unpaired) electrons. The van der Waals surface area contributed by atoms with Gasteiger partial charge >= 0.3 is 5.97 Å². The Morgan fingerprint density at radius 2 is 1.95 bits per heavy atom. The van der Waals surface area contributed by atoms with E-state index in [0.717, 1.165) is 64.3 Å². The number of aromatic nitrogens is 1. The van der Waals surface area contributed by atoms with E-state index >= 15 is 0 Å². The highest BCUT2D eigenvalue weighted by Gasteiger charge is 2.21. The van der Waals surface area contributed by atoms with Crippen molar-refractivity contribution in [3.8, 4) is 0 Å². The van der Waals surface area contributed by atoms with Gasteiger partial charge in [-0.25, -0.2) is 9.78 Å². The van der Waals surface area contributed by atoms with Crippen molar-refractivity contribution < 1.29 is 14.6 Å². The molecule has 2 saturated heterocycles. The molecule has 0 bridgehead atoms. The summed E-state index contributed by atoms with van der Waals surface area (Å²) in [6.45, 7) is 5.78. The number of morpholine rings is 1. The number of anilines is 1. The quantitative estimate of drug-likeness (QED) is 0.899. The lowest BCUT2D eigenvalue weighted by Gasteiger charge is -2.27. The molecular weight excluding hydrogens is 270 g/mol. The van der Waals surface area contributed by atoms with Crippen LogP contribution < -0.4 is 4.90 Å². The molecule has 2 aliphatic heterocycles. The summed E-state index contributed by atoms with van der Waals surface area (Å²) in [4.78, 5) is 20.3. The van der Waals surface area contributed by atoms with Crippen LogP contribution in [0.1, 0.15) is 28.8 Å². The van der Waals surface area contributed by atoms with Crippen LogP contribution in [-0.2, 0) is 11.3 Å². The predicted octanol–water partition coefficient (Wildman–Crippen LogP) is 1.21. The van der Waals surface area contributed by atoms with Crippen LogP contribution in [0.2, 0.25) is 0 Å². The largest absolute Gasteiger partial charge is 0.478 e. The molecule has 2 fully saturated rings. The second-order valence-corrected chi connectivity index (χ2v) is 5.60. The Bertz CT molecular complexity index is 509. The minimum absolute atomic E-state index is 0.322.